The molecule has 1 aromatic carbocycles. The number of aromatic carboxylic acids is 1. The second-order valence-electron chi connectivity index (χ2n) is 4.46. The summed E-state index contributed by atoms with van der Waals surface area (Å²) in [6.45, 7) is 1.74. The first-order valence-corrected chi connectivity index (χ1v) is 6.31. The number of carboxylic acid groups (broad SMARTS) is 1. The predicted octanol–water partition coefficient (Wildman–Crippen LogP) is 2.71. The van der Waals surface area contributed by atoms with Crippen LogP contribution >= 0.6 is 0 Å². The maximum absolute atomic E-state index is 13.8. The lowest BCUT2D eigenvalue weighted by Crippen LogP contribution is -2.11. The highest BCUT2D eigenvalue weighted by molar-refractivity contribution is 5.91. The summed E-state index contributed by atoms with van der Waals surface area (Å²) in [4.78, 5) is 21.6. The van der Waals surface area contributed by atoms with Crippen molar-refractivity contribution in [1.82, 2.24) is 9.78 Å². The molecule has 0 saturated carbocycles. The van der Waals surface area contributed by atoms with Crippen LogP contribution in [-0.4, -0.2) is 25.8 Å². The minimum absolute atomic E-state index is 0.0615. The molecule has 22 heavy (non-hydrogen) atoms. The summed E-state index contributed by atoms with van der Waals surface area (Å²) < 4.78 is 27.4. The van der Waals surface area contributed by atoms with E-state index in [1.807, 2.05) is 0 Å². The standard InChI is InChI=1S/C13H11F2N3O4/c1-2-3-9-11(18(21)22)12(13(19)20)17(16-9)10-5-4-7(14)6-8(10)15/h4-6H,2-3H2,1H3,(H,19,20). The zero-order chi connectivity index (χ0) is 16.4. The van der Waals surface area contributed by atoms with Crippen molar-refractivity contribution < 1.29 is 23.6 Å². The molecule has 116 valence electrons. The number of carboxylic acids is 1. The fourth-order valence-electron chi connectivity index (χ4n) is 2.07. The number of halogens is 2. The molecule has 0 aliphatic carbocycles. The molecule has 0 amide bonds. The third-order valence-corrected chi connectivity index (χ3v) is 2.94. The average molecular weight is 311 g/mol. The van der Waals surface area contributed by atoms with Gasteiger partial charge < -0.3 is 5.11 Å². The minimum atomic E-state index is -1.62. The number of aromatic nitrogens is 2. The first-order chi connectivity index (χ1) is 10.4. The van der Waals surface area contributed by atoms with E-state index in [0.29, 0.717) is 17.2 Å². The molecule has 0 saturated heterocycles. The van der Waals surface area contributed by atoms with Gasteiger partial charge in [-0.3, -0.25) is 10.1 Å². The van der Waals surface area contributed by atoms with E-state index in [9.17, 15) is 28.8 Å². The number of hydrogen-bond acceptors (Lipinski definition) is 4. The fourth-order valence-corrected chi connectivity index (χ4v) is 2.07. The van der Waals surface area contributed by atoms with E-state index in [-0.39, 0.29) is 17.8 Å². The van der Waals surface area contributed by atoms with Gasteiger partial charge >= 0.3 is 11.7 Å². The molecule has 0 aliphatic rings. The molecule has 1 N–H and O–H groups in total. The van der Waals surface area contributed by atoms with Crippen molar-refractivity contribution in [2.24, 2.45) is 0 Å². The normalized spacial score (nSPS) is 10.7. The molecule has 0 atom stereocenters. The Hall–Kier alpha value is -2.84. The van der Waals surface area contributed by atoms with Gasteiger partial charge in [0.05, 0.1) is 4.92 Å². The van der Waals surface area contributed by atoms with Crippen molar-refractivity contribution in [3.63, 3.8) is 0 Å². The molecule has 0 radical (unpaired) electrons. The monoisotopic (exact) mass is 311 g/mol. The van der Waals surface area contributed by atoms with Crippen LogP contribution in [-0.2, 0) is 6.42 Å². The molecular formula is C13H11F2N3O4. The van der Waals surface area contributed by atoms with Crippen LogP contribution in [0, 0.1) is 21.7 Å². The van der Waals surface area contributed by atoms with E-state index in [1.54, 1.807) is 6.92 Å². The molecule has 2 aromatic rings. The van der Waals surface area contributed by atoms with E-state index >= 15 is 0 Å². The highest BCUT2D eigenvalue weighted by Crippen LogP contribution is 2.28. The number of rotatable bonds is 5. The van der Waals surface area contributed by atoms with Crippen LogP contribution in [0.1, 0.15) is 29.5 Å². The summed E-state index contributed by atoms with van der Waals surface area (Å²) in [7, 11) is 0. The molecule has 0 unspecified atom stereocenters. The van der Waals surface area contributed by atoms with Crippen LogP contribution in [0.4, 0.5) is 14.5 Å². The molecule has 0 bridgehead atoms. The van der Waals surface area contributed by atoms with Gasteiger partial charge in [-0.1, -0.05) is 13.3 Å². The summed E-state index contributed by atoms with van der Waals surface area (Å²) in [5.41, 5.74) is -1.88. The zero-order valence-corrected chi connectivity index (χ0v) is 11.4. The molecule has 0 fully saturated rings. The van der Waals surface area contributed by atoms with E-state index in [1.165, 1.54) is 0 Å². The van der Waals surface area contributed by atoms with Crippen molar-refractivity contribution in [3.05, 3.63) is 51.3 Å². The lowest BCUT2D eigenvalue weighted by molar-refractivity contribution is -0.385. The Bertz CT molecular complexity index is 758. The molecule has 2 rings (SSSR count). The van der Waals surface area contributed by atoms with Crippen LogP contribution in [0.3, 0.4) is 0 Å². The topological polar surface area (TPSA) is 98.3 Å². The fraction of sp³-hybridized carbons (Fsp3) is 0.231. The van der Waals surface area contributed by atoms with Crippen LogP contribution in [0.25, 0.3) is 5.69 Å². The molecular weight excluding hydrogens is 300 g/mol. The van der Waals surface area contributed by atoms with Gasteiger partial charge in [-0.15, -0.1) is 0 Å². The van der Waals surface area contributed by atoms with E-state index in [2.05, 4.69) is 5.10 Å². The number of hydrogen-bond donors (Lipinski definition) is 1. The molecule has 7 nitrogen and oxygen atoms in total. The highest BCUT2D eigenvalue weighted by atomic mass is 19.1. The maximum Gasteiger partial charge on any atom is 0.361 e. The molecule has 0 spiro atoms. The number of benzene rings is 1. The highest BCUT2D eigenvalue weighted by Gasteiger charge is 2.33. The number of nitro groups is 1. The Morgan fingerprint density at radius 3 is 2.64 bits per heavy atom. The van der Waals surface area contributed by atoms with Gasteiger partial charge in [0.25, 0.3) is 0 Å². The summed E-state index contributed by atoms with van der Waals surface area (Å²) >= 11 is 0. The van der Waals surface area contributed by atoms with Gasteiger partial charge in [-0.05, 0) is 18.6 Å². The number of carbonyl (C=O) groups is 1. The Morgan fingerprint density at radius 1 is 1.45 bits per heavy atom. The van der Waals surface area contributed by atoms with Gasteiger partial charge in [0.1, 0.15) is 17.2 Å². The van der Waals surface area contributed by atoms with Crippen molar-refractivity contribution in [1.29, 1.82) is 0 Å². The van der Waals surface area contributed by atoms with Gasteiger partial charge in [-0.25, -0.2) is 18.3 Å². The van der Waals surface area contributed by atoms with Crippen molar-refractivity contribution in [2.75, 3.05) is 0 Å². The van der Waals surface area contributed by atoms with Gasteiger partial charge in [0.2, 0.25) is 5.69 Å². The van der Waals surface area contributed by atoms with Crippen molar-refractivity contribution in [2.45, 2.75) is 19.8 Å². The quantitative estimate of drug-likeness (QED) is 0.676. The van der Waals surface area contributed by atoms with Crippen LogP contribution in [0.2, 0.25) is 0 Å². The predicted molar refractivity (Wildman–Crippen MR) is 71.1 cm³/mol. The Balaban J connectivity index is 2.77. The molecule has 1 heterocycles. The Labute approximate surface area is 122 Å². The van der Waals surface area contributed by atoms with Gasteiger partial charge in [0.15, 0.2) is 5.82 Å². The van der Waals surface area contributed by atoms with Crippen molar-refractivity contribution >= 4 is 11.7 Å². The lowest BCUT2D eigenvalue weighted by Gasteiger charge is -2.05. The second kappa shape index (κ2) is 5.88. The Morgan fingerprint density at radius 2 is 2.14 bits per heavy atom. The van der Waals surface area contributed by atoms with E-state index < -0.39 is 33.9 Å². The molecule has 0 aliphatic heterocycles. The second-order valence-corrected chi connectivity index (χ2v) is 4.46. The maximum atomic E-state index is 13.8. The zero-order valence-electron chi connectivity index (χ0n) is 11.4. The van der Waals surface area contributed by atoms with E-state index in [4.69, 9.17) is 0 Å². The SMILES string of the molecule is CCCc1nn(-c2ccc(F)cc2F)c(C(=O)O)c1[N+](=O)[O-]. The lowest BCUT2D eigenvalue weighted by atomic mass is 10.2. The third-order valence-electron chi connectivity index (χ3n) is 2.94. The van der Waals surface area contributed by atoms with Crippen LogP contribution in [0.15, 0.2) is 18.2 Å². The summed E-state index contributed by atoms with van der Waals surface area (Å²) in [5.74, 6) is -3.54. The summed E-state index contributed by atoms with van der Waals surface area (Å²) in [6, 6.07) is 2.44. The number of nitrogens with zero attached hydrogens (tertiary/aromatic N) is 3. The average Bonchev–Trinajstić information content (AvgIpc) is 2.78. The largest absolute Gasteiger partial charge is 0.476 e. The summed E-state index contributed by atoms with van der Waals surface area (Å²) in [6.07, 6.45) is 0.648. The third kappa shape index (κ3) is 2.65. The smallest absolute Gasteiger partial charge is 0.361 e. The first-order valence-electron chi connectivity index (χ1n) is 6.31. The minimum Gasteiger partial charge on any atom is -0.476 e. The Kier molecular flexibility index (Phi) is 4.15. The van der Waals surface area contributed by atoms with E-state index in [0.717, 1.165) is 12.1 Å². The number of aryl methyl sites for hydroxylation is 1. The van der Waals surface area contributed by atoms with Crippen LogP contribution in [0.5, 0.6) is 0 Å². The van der Waals surface area contributed by atoms with Crippen LogP contribution < -0.4 is 0 Å². The molecule has 9 heteroatoms. The van der Waals surface area contributed by atoms with Gasteiger partial charge in [0, 0.05) is 6.07 Å². The first kappa shape index (κ1) is 15.5. The van der Waals surface area contributed by atoms with Crippen molar-refractivity contribution in [3.8, 4) is 5.69 Å². The summed E-state index contributed by atoms with van der Waals surface area (Å²) in [5, 5.41) is 24.2. The van der Waals surface area contributed by atoms with Gasteiger partial charge in [-0.2, -0.15) is 5.10 Å². The molecule has 1 aromatic heterocycles.